The summed E-state index contributed by atoms with van der Waals surface area (Å²) < 4.78 is 0. The first-order valence-electron chi connectivity index (χ1n) is 5.82. The summed E-state index contributed by atoms with van der Waals surface area (Å²) in [5.41, 5.74) is 2.25. The number of rotatable bonds is 4. The molecule has 1 N–H and O–H groups in total. The van der Waals surface area contributed by atoms with Crippen molar-refractivity contribution in [2.45, 2.75) is 0 Å². The molecule has 0 aliphatic rings. The number of non-ortho nitro benzene ring substituents is 1. The largest absolute Gasteiger partial charge is 0.478 e. The summed E-state index contributed by atoms with van der Waals surface area (Å²) in [4.78, 5) is 20.8. The SMILES string of the molecule is O=C(O)/C=C/c1cccc(-c2cccc([N+](=O)[O-])c2)c1. The number of nitrogens with zero attached hydrogens (tertiary/aromatic N) is 1. The van der Waals surface area contributed by atoms with Gasteiger partial charge in [-0.1, -0.05) is 30.3 Å². The summed E-state index contributed by atoms with van der Waals surface area (Å²) >= 11 is 0. The normalized spacial score (nSPS) is 10.6. The van der Waals surface area contributed by atoms with Gasteiger partial charge in [0.25, 0.3) is 5.69 Å². The van der Waals surface area contributed by atoms with Crippen LogP contribution >= 0.6 is 0 Å². The van der Waals surface area contributed by atoms with Crippen LogP contribution in [0.1, 0.15) is 5.56 Å². The molecule has 0 spiro atoms. The molecular weight excluding hydrogens is 258 g/mol. The van der Waals surface area contributed by atoms with E-state index in [2.05, 4.69) is 0 Å². The Bertz CT molecular complexity index is 692. The topological polar surface area (TPSA) is 80.4 Å². The first kappa shape index (κ1) is 13.5. The fraction of sp³-hybridized carbons (Fsp3) is 0. The van der Waals surface area contributed by atoms with Crippen LogP contribution in [0.15, 0.2) is 54.6 Å². The molecule has 2 rings (SSSR count). The highest BCUT2D eigenvalue weighted by Gasteiger charge is 2.07. The molecule has 100 valence electrons. The molecule has 0 amide bonds. The third-order valence-corrected chi connectivity index (χ3v) is 2.70. The van der Waals surface area contributed by atoms with Crippen molar-refractivity contribution in [3.05, 3.63) is 70.3 Å². The molecule has 0 aromatic heterocycles. The molecule has 20 heavy (non-hydrogen) atoms. The van der Waals surface area contributed by atoms with E-state index in [1.807, 2.05) is 6.07 Å². The van der Waals surface area contributed by atoms with Crippen molar-refractivity contribution < 1.29 is 14.8 Å². The Labute approximate surface area is 115 Å². The van der Waals surface area contributed by atoms with Gasteiger partial charge in [-0.15, -0.1) is 0 Å². The minimum atomic E-state index is -1.02. The van der Waals surface area contributed by atoms with Crippen LogP contribution < -0.4 is 0 Å². The molecule has 0 bridgehead atoms. The molecule has 0 radical (unpaired) electrons. The zero-order chi connectivity index (χ0) is 14.5. The quantitative estimate of drug-likeness (QED) is 0.524. The first-order chi connectivity index (χ1) is 9.56. The minimum absolute atomic E-state index is 0.0222. The second kappa shape index (κ2) is 5.79. The van der Waals surface area contributed by atoms with Gasteiger partial charge in [0.2, 0.25) is 0 Å². The van der Waals surface area contributed by atoms with Crippen molar-refractivity contribution in [2.24, 2.45) is 0 Å². The summed E-state index contributed by atoms with van der Waals surface area (Å²) in [5.74, 6) is -1.02. The number of aliphatic carboxylic acids is 1. The van der Waals surface area contributed by atoms with Crippen LogP contribution in [0.5, 0.6) is 0 Å². The van der Waals surface area contributed by atoms with Crippen molar-refractivity contribution >= 4 is 17.7 Å². The van der Waals surface area contributed by atoms with Crippen molar-refractivity contribution in [3.8, 4) is 11.1 Å². The van der Waals surface area contributed by atoms with E-state index in [1.54, 1.807) is 30.3 Å². The summed E-state index contributed by atoms with van der Waals surface area (Å²) in [6.45, 7) is 0. The molecule has 5 heteroatoms. The summed E-state index contributed by atoms with van der Waals surface area (Å²) in [7, 11) is 0. The lowest BCUT2D eigenvalue weighted by molar-refractivity contribution is -0.384. The number of hydrogen-bond donors (Lipinski definition) is 1. The van der Waals surface area contributed by atoms with Crippen LogP contribution in [0, 0.1) is 10.1 Å². The van der Waals surface area contributed by atoms with Gasteiger partial charge in [-0.05, 0) is 28.8 Å². The molecule has 0 fully saturated rings. The number of carbonyl (C=O) groups is 1. The van der Waals surface area contributed by atoms with Gasteiger partial charge in [-0.2, -0.15) is 0 Å². The third-order valence-electron chi connectivity index (χ3n) is 2.70. The summed E-state index contributed by atoms with van der Waals surface area (Å²) in [6.07, 6.45) is 2.52. The van der Waals surface area contributed by atoms with E-state index in [1.165, 1.54) is 18.2 Å². The van der Waals surface area contributed by atoms with Crippen molar-refractivity contribution in [1.29, 1.82) is 0 Å². The van der Waals surface area contributed by atoms with Crippen LogP contribution in [0.2, 0.25) is 0 Å². The Morgan fingerprint density at radius 3 is 2.40 bits per heavy atom. The van der Waals surface area contributed by atoms with Gasteiger partial charge < -0.3 is 5.11 Å². The molecule has 0 saturated heterocycles. The van der Waals surface area contributed by atoms with E-state index in [4.69, 9.17) is 5.11 Å². The predicted octanol–water partition coefficient (Wildman–Crippen LogP) is 3.36. The first-order valence-corrected chi connectivity index (χ1v) is 5.82. The number of carboxylic acids is 1. The van der Waals surface area contributed by atoms with Crippen molar-refractivity contribution in [1.82, 2.24) is 0 Å². The average Bonchev–Trinajstić information content (AvgIpc) is 2.45. The standard InChI is InChI=1S/C15H11NO4/c17-15(18)8-7-11-3-1-4-12(9-11)13-5-2-6-14(10-13)16(19)20/h1-10H,(H,17,18)/b8-7+. The van der Waals surface area contributed by atoms with Crippen LogP contribution in [0.3, 0.4) is 0 Å². The Kier molecular flexibility index (Phi) is 3.91. The molecule has 0 aliphatic carbocycles. The lowest BCUT2D eigenvalue weighted by Crippen LogP contribution is -1.88. The minimum Gasteiger partial charge on any atom is -0.478 e. The number of nitro benzene ring substituents is 1. The lowest BCUT2D eigenvalue weighted by atomic mass is 10.0. The van der Waals surface area contributed by atoms with E-state index in [9.17, 15) is 14.9 Å². The van der Waals surface area contributed by atoms with Gasteiger partial charge in [-0.3, -0.25) is 10.1 Å². The zero-order valence-corrected chi connectivity index (χ0v) is 10.4. The van der Waals surface area contributed by atoms with E-state index < -0.39 is 10.9 Å². The molecule has 2 aromatic carbocycles. The number of hydrogen-bond acceptors (Lipinski definition) is 3. The maximum absolute atomic E-state index is 10.8. The monoisotopic (exact) mass is 269 g/mol. The Morgan fingerprint density at radius 2 is 1.75 bits per heavy atom. The van der Waals surface area contributed by atoms with E-state index in [-0.39, 0.29) is 5.69 Å². The molecule has 0 saturated carbocycles. The van der Waals surface area contributed by atoms with Gasteiger partial charge in [-0.25, -0.2) is 4.79 Å². The van der Waals surface area contributed by atoms with Gasteiger partial charge in [0.15, 0.2) is 0 Å². The molecule has 0 aliphatic heterocycles. The highest BCUT2D eigenvalue weighted by molar-refractivity contribution is 5.85. The van der Waals surface area contributed by atoms with Crippen LogP contribution in [-0.2, 0) is 4.79 Å². The maximum Gasteiger partial charge on any atom is 0.328 e. The second-order valence-corrected chi connectivity index (χ2v) is 4.10. The second-order valence-electron chi connectivity index (χ2n) is 4.10. The smallest absolute Gasteiger partial charge is 0.328 e. The third kappa shape index (κ3) is 3.29. The Hall–Kier alpha value is -2.95. The van der Waals surface area contributed by atoms with Gasteiger partial charge in [0.1, 0.15) is 0 Å². The molecular formula is C15H11NO4. The average molecular weight is 269 g/mol. The highest BCUT2D eigenvalue weighted by atomic mass is 16.6. The zero-order valence-electron chi connectivity index (χ0n) is 10.4. The highest BCUT2D eigenvalue weighted by Crippen LogP contribution is 2.24. The van der Waals surface area contributed by atoms with E-state index in [0.29, 0.717) is 5.56 Å². The fourth-order valence-corrected chi connectivity index (χ4v) is 1.79. The van der Waals surface area contributed by atoms with Crippen LogP contribution in [0.4, 0.5) is 5.69 Å². The molecule has 0 heterocycles. The Balaban J connectivity index is 2.38. The lowest BCUT2D eigenvalue weighted by Gasteiger charge is -2.03. The summed E-state index contributed by atoms with van der Waals surface area (Å²) in [5, 5.41) is 19.4. The summed E-state index contributed by atoms with van der Waals surface area (Å²) in [6, 6.07) is 13.4. The Morgan fingerprint density at radius 1 is 1.10 bits per heavy atom. The number of carboxylic acid groups (broad SMARTS) is 1. The van der Waals surface area contributed by atoms with Gasteiger partial charge in [0.05, 0.1) is 4.92 Å². The van der Waals surface area contributed by atoms with E-state index >= 15 is 0 Å². The number of nitro groups is 1. The number of benzene rings is 2. The van der Waals surface area contributed by atoms with Crippen molar-refractivity contribution in [3.63, 3.8) is 0 Å². The molecule has 0 unspecified atom stereocenters. The predicted molar refractivity (Wildman–Crippen MR) is 75.2 cm³/mol. The van der Waals surface area contributed by atoms with Gasteiger partial charge >= 0.3 is 5.97 Å². The van der Waals surface area contributed by atoms with Crippen LogP contribution in [-0.4, -0.2) is 16.0 Å². The van der Waals surface area contributed by atoms with Gasteiger partial charge in [0, 0.05) is 18.2 Å². The fourth-order valence-electron chi connectivity index (χ4n) is 1.79. The maximum atomic E-state index is 10.8. The molecule has 5 nitrogen and oxygen atoms in total. The molecule has 0 atom stereocenters. The van der Waals surface area contributed by atoms with Crippen molar-refractivity contribution in [2.75, 3.05) is 0 Å². The molecule has 2 aromatic rings. The van der Waals surface area contributed by atoms with E-state index in [0.717, 1.165) is 17.2 Å². The van der Waals surface area contributed by atoms with Crippen LogP contribution in [0.25, 0.3) is 17.2 Å².